The van der Waals surface area contributed by atoms with Gasteiger partial charge in [0.15, 0.2) is 0 Å². The van der Waals surface area contributed by atoms with Gasteiger partial charge in [0.25, 0.3) is 0 Å². The molecule has 0 spiro atoms. The third kappa shape index (κ3) is 2.98. The molecule has 2 aromatic rings. The number of rotatable bonds is 5. The van der Waals surface area contributed by atoms with Gasteiger partial charge in [-0.2, -0.15) is 5.10 Å². The van der Waals surface area contributed by atoms with Crippen molar-refractivity contribution in [3.63, 3.8) is 0 Å². The number of aromatic amines is 1. The smallest absolute Gasteiger partial charge is 0.241 e. The second kappa shape index (κ2) is 5.47. The Balaban J connectivity index is 2.27. The number of sulfonamides is 1. The molecule has 1 heterocycles. The maximum Gasteiger partial charge on any atom is 0.241 e. The molecule has 0 aliphatic rings. The van der Waals surface area contributed by atoms with Crippen LogP contribution in [0, 0.1) is 5.82 Å². The van der Waals surface area contributed by atoms with Crippen LogP contribution in [0.1, 0.15) is 11.1 Å². The minimum absolute atomic E-state index is 0.0257. The molecule has 0 saturated carbocycles. The van der Waals surface area contributed by atoms with E-state index >= 15 is 0 Å². The molecule has 6 nitrogen and oxygen atoms in total. The molecule has 2 rings (SSSR count). The van der Waals surface area contributed by atoms with Gasteiger partial charge in [-0.3, -0.25) is 5.10 Å². The summed E-state index contributed by atoms with van der Waals surface area (Å²) in [6.07, 6.45) is 3.07. The first-order chi connectivity index (χ1) is 9.04. The molecule has 0 unspecified atom stereocenters. The largest absolute Gasteiger partial charge is 0.326 e. The van der Waals surface area contributed by atoms with Crippen LogP contribution in [0.25, 0.3) is 0 Å². The van der Waals surface area contributed by atoms with E-state index < -0.39 is 15.8 Å². The number of aromatic nitrogens is 2. The van der Waals surface area contributed by atoms with Crippen molar-refractivity contribution in [1.29, 1.82) is 0 Å². The SMILES string of the molecule is NCc1c(F)cccc1S(=O)(=O)NCc1cn[nH]c1. The fourth-order valence-electron chi connectivity index (χ4n) is 1.62. The normalized spacial score (nSPS) is 11.7. The summed E-state index contributed by atoms with van der Waals surface area (Å²) in [6, 6.07) is 3.83. The van der Waals surface area contributed by atoms with Gasteiger partial charge in [-0.05, 0) is 12.1 Å². The highest BCUT2D eigenvalue weighted by atomic mass is 32.2. The fraction of sp³-hybridized carbons (Fsp3) is 0.182. The highest BCUT2D eigenvalue weighted by Crippen LogP contribution is 2.18. The molecule has 0 aliphatic carbocycles. The minimum atomic E-state index is -3.81. The highest BCUT2D eigenvalue weighted by Gasteiger charge is 2.20. The molecule has 0 saturated heterocycles. The van der Waals surface area contributed by atoms with Gasteiger partial charge in [-0.25, -0.2) is 17.5 Å². The number of nitrogens with one attached hydrogen (secondary N) is 2. The summed E-state index contributed by atoms with van der Waals surface area (Å²) in [4.78, 5) is -0.140. The molecule has 1 aromatic carbocycles. The molecule has 0 amide bonds. The molecular weight excluding hydrogens is 271 g/mol. The van der Waals surface area contributed by atoms with E-state index in [1.807, 2.05) is 0 Å². The molecular formula is C11H13FN4O2S. The number of H-pyrrole nitrogens is 1. The lowest BCUT2D eigenvalue weighted by molar-refractivity contribution is 0.571. The standard InChI is InChI=1S/C11H13FN4O2S/c12-10-2-1-3-11(9(10)4-13)19(17,18)16-7-8-5-14-15-6-8/h1-3,5-6,16H,4,7,13H2,(H,14,15). The van der Waals surface area contributed by atoms with Crippen molar-refractivity contribution in [1.82, 2.24) is 14.9 Å². The van der Waals surface area contributed by atoms with E-state index in [0.29, 0.717) is 5.56 Å². The molecule has 19 heavy (non-hydrogen) atoms. The van der Waals surface area contributed by atoms with Gasteiger partial charge in [-0.15, -0.1) is 0 Å². The lowest BCUT2D eigenvalue weighted by Crippen LogP contribution is -2.25. The van der Waals surface area contributed by atoms with Crippen molar-refractivity contribution in [2.24, 2.45) is 5.73 Å². The van der Waals surface area contributed by atoms with E-state index in [4.69, 9.17) is 5.73 Å². The Morgan fingerprint density at radius 3 is 2.84 bits per heavy atom. The minimum Gasteiger partial charge on any atom is -0.326 e. The van der Waals surface area contributed by atoms with E-state index in [0.717, 1.165) is 0 Å². The molecule has 0 atom stereocenters. The highest BCUT2D eigenvalue weighted by molar-refractivity contribution is 7.89. The molecule has 0 bridgehead atoms. The predicted molar refractivity (Wildman–Crippen MR) is 66.9 cm³/mol. The van der Waals surface area contributed by atoms with Gasteiger partial charge < -0.3 is 5.73 Å². The number of hydrogen-bond acceptors (Lipinski definition) is 4. The Morgan fingerprint density at radius 1 is 1.42 bits per heavy atom. The average Bonchev–Trinajstić information content (AvgIpc) is 2.89. The molecule has 1 aromatic heterocycles. The first-order valence-corrected chi connectivity index (χ1v) is 6.97. The maximum atomic E-state index is 13.5. The Hall–Kier alpha value is -1.77. The molecule has 8 heteroatoms. The summed E-state index contributed by atoms with van der Waals surface area (Å²) in [5.41, 5.74) is 6.04. The van der Waals surface area contributed by atoms with Gasteiger partial charge in [-0.1, -0.05) is 6.07 Å². The van der Waals surface area contributed by atoms with Crippen LogP contribution in [0.4, 0.5) is 4.39 Å². The molecule has 102 valence electrons. The van der Waals surface area contributed by atoms with Gasteiger partial charge in [0.05, 0.1) is 11.1 Å². The molecule has 0 aliphatic heterocycles. The lowest BCUT2D eigenvalue weighted by atomic mass is 10.2. The predicted octanol–water partition coefficient (Wildman–Crippen LogP) is 0.486. The number of nitrogens with zero attached hydrogens (tertiary/aromatic N) is 1. The summed E-state index contributed by atoms with van der Waals surface area (Å²) in [6.45, 7) is -0.117. The van der Waals surface area contributed by atoms with Gasteiger partial charge in [0.2, 0.25) is 10.0 Å². The Bertz CT molecular complexity index is 655. The summed E-state index contributed by atoms with van der Waals surface area (Å²) in [5.74, 6) is -0.631. The second-order valence-electron chi connectivity index (χ2n) is 3.85. The van der Waals surface area contributed by atoms with Crippen LogP contribution in [0.5, 0.6) is 0 Å². The van der Waals surface area contributed by atoms with E-state index in [1.165, 1.54) is 24.4 Å². The topological polar surface area (TPSA) is 101 Å². The third-order valence-electron chi connectivity index (χ3n) is 2.59. The van der Waals surface area contributed by atoms with Crippen molar-refractivity contribution in [3.8, 4) is 0 Å². The van der Waals surface area contributed by atoms with Crippen molar-refractivity contribution in [2.45, 2.75) is 18.0 Å². The zero-order valence-electron chi connectivity index (χ0n) is 9.93. The van der Waals surface area contributed by atoms with Crippen LogP contribution >= 0.6 is 0 Å². The van der Waals surface area contributed by atoms with Crippen LogP contribution in [-0.2, 0) is 23.1 Å². The average molecular weight is 284 g/mol. The zero-order chi connectivity index (χ0) is 13.9. The van der Waals surface area contributed by atoms with E-state index in [-0.39, 0.29) is 23.5 Å². The Labute approximate surface area is 109 Å². The summed E-state index contributed by atoms with van der Waals surface area (Å²) in [7, 11) is -3.81. The van der Waals surface area contributed by atoms with Crippen molar-refractivity contribution in [3.05, 3.63) is 47.5 Å². The monoisotopic (exact) mass is 284 g/mol. The Morgan fingerprint density at radius 2 is 2.21 bits per heavy atom. The number of halogens is 1. The quantitative estimate of drug-likeness (QED) is 0.743. The fourth-order valence-corrected chi connectivity index (χ4v) is 2.89. The zero-order valence-corrected chi connectivity index (χ0v) is 10.7. The van der Waals surface area contributed by atoms with Crippen LogP contribution in [0.3, 0.4) is 0 Å². The van der Waals surface area contributed by atoms with Gasteiger partial charge >= 0.3 is 0 Å². The number of benzene rings is 1. The number of hydrogen-bond donors (Lipinski definition) is 3. The van der Waals surface area contributed by atoms with Gasteiger partial charge in [0.1, 0.15) is 5.82 Å². The van der Waals surface area contributed by atoms with Crippen LogP contribution in [0.15, 0.2) is 35.5 Å². The molecule has 0 fully saturated rings. The van der Waals surface area contributed by atoms with Crippen LogP contribution < -0.4 is 10.5 Å². The van der Waals surface area contributed by atoms with E-state index in [1.54, 1.807) is 6.20 Å². The van der Waals surface area contributed by atoms with E-state index in [2.05, 4.69) is 14.9 Å². The van der Waals surface area contributed by atoms with Crippen molar-refractivity contribution < 1.29 is 12.8 Å². The number of nitrogens with two attached hydrogens (primary N) is 1. The third-order valence-corrected chi connectivity index (χ3v) is 4.08. The summed E-state index contributed by atoms with van der Waals surface area (Å²) < 4.78 is 40.1. The van der Waals surface area contributed by atoms with Crippen LogP contribution in [0.2, 0.25) is 0 Å². The first-order valence-electron chi connectivity index (χ1n) is 5.49. The lowest BCUT2D eigenvalue weighted by Gasteiger charge is -2.10. The first kappa shape index (κ1) is 13.7. The van der Waals surface area contributed by atoms with Crippen molar-refractivity contribution in [2.75, 3.05) is 0 Å². The molecule has 4 N–H and O–H groups in total. The maximum absolute atomic E-state index is 13.5. The van der Waals surface area contributed by atoms with Crippen LogP contribution in [-0.4, -0.2) is 18.6 Å². The molecule has 0 radical (unpaired) electrons. The van der Waals surface area contributed by atoms with Gasteiger partial charge in [0, 0.05) is 30.4 Å². The second-order valence-corrected chi connectivity index (χ2v) is 5.59. The van der Waals surface area contributed by atoms with E-state index in [9.17, 15) is 12.8 Å². The summed E-state index contributed by atoms with van der Waals surface area (Å²) >= 11 is 0. The van der Waals surface area contributed by atoms with Crippen molar-refractivity contribution >= 4 is 10.0 Å². The Kier molecular flexibility index (Phi) is 3.93. The summed E-state index contributed by atoms with van der Waals surface area (Å²) in [5, 5.41) is 6.28.